The summed E-state index contributed by atoms with van der Waals surface area (Å²) < 4.78 is 1.87. The number of nitriles is 1. The van der Waals surface area contributed by atoms with Gasteiger partial charge in [-0.3, -0.25) is 0 Å². The van der Waals surface area contributed by atoms with Crippen molar-refractivity contribution in [2.24, 2.45) is 7.05 Å². The van der Waals surface area contributed by atoms with E-state index in [1.807, 2.05) is 29.9 Å². The van der Waals surface area contributed by atoms with Crippen LogP contribution in [0.1, 0.15) is 5.56 Å². The summed E-state index contributed by atoms with van der Waals surface area (Å²) in [5.41, 5.74) is 1.56. The number of aryl methyl sites for hydroxylation is 1. The predicted molar refractivity (Wildman–Crippen MR) is 52.6 cm³/mol. The second-order valence-corrected chi connectivity index (χ2v) is 3.31. The molecule has 13 heavy (non-hydrogen) atoms. The minimum atomic E-state index is 0.659. The number of benzene rings is 1. The van der Waals surface area contributed by atoms with E-state index in [4.69, 9.17) is 16.9 Å². The molecule has 0 amide bonds. The summed E-state index contributed by atoms with van der Waals surface area (Å²) in [6, 6.07) is 7.69. The largest absolute Gasteiger partial charge is 0.348 e. The normalized spacial score (nSPS) is 10.2. The minimum absolute atomic E-state index is 0.659. The van der Waals surface area contributed by atoms with Crippen LogP contribution < -0.4 is 0 Å². The van der Waals surface area contributed by atoms with Gasteiger partial charge in [-0.1, -0.05) is 23.7 Å². The van der Waals surface area contributed by atoms with E-state index >= 15 is 0 Å². The molecule has 0 saturated carbocycles. The van der Waals surface area contributed by atoms with Crippen LogP contribution in [0.15, 0.2) is 24.4 Å². The highest BCUT2D eigenvalue weighted by atomic mass is 35.5. The maximum atomic E-state index is 8.86. The zero-order chi connectivity index (χ0) is 9.42. The number of hydrogen-bond acceptors (Lipinski definition) is 1. The molecule has 1 aromatic carbocycles. The molecule has 0 fully saturated rings. The van der Waals surface area contributed by atoms with Gasteiger partial charge in [-0.25, -0.2) is 0 Å². The van der Waals surface area contributed by atoms with Gasteiger partial charge in [-0.15, -0.1) is 0 Å². The second kappa shape index (κ2) is 2.79. The van der Waals surface area contributed by atoms with Crippen LogP contribution >= 0.6 is 11.6 Å². The quantitative estimate of drug-likeness (QED) is 0.628. The molecule has 0 spiro atoms. The molecular formula is C10H7ClN2. The van der Waals surface area contributed by atoms with E-state index in [9.17, 15) is 0 Å². The number of nitrogens with zero attached hydrogens (tertiary/aromatic N) is 2. The molecule has 1 aromatic heterocycles. The zero-order valence-corrected chi connectivity index (χ0v) is 7.84. The van der Waals surface area contributed by atoms with Crippen LogP contribution in [-0.4, -0.2) is 4.57 Å². The summed E-state index contributed by atoms with van der Waals surface area (Å²) in [7, 11) is 1.88. The van der Waals surface area contributed by atoms with E-state index in [0.717, 1.165) is 10.9 Å². The first kappa shape index (κ1) is 8.15. The minimum Gasteiger partial charge on any atom is -0.348 e. The average Bonchev–Trinajstić information content (AvgIpc) is 2.43. The molecule has 0 aliphatic heterocycles. The molecule has 0 atom stereocenters. The summed E-state index contributed by atoms with van der Waals surface area (Å²) in [6.07, 6.45) is 1.81. The topological polar surface area (TPSA) is 28.7 Å². The molecule has 64 valence electrons. The maximum Gasteiger partial charge on any atom is 0.101 e. The molecule has 3 heteroatoms. The standard InChI is InChI=1S/C10H7ClN2/c1-13-6-9(11)8-4-2-3-7(5-12)10(8)13/h2-4,6H,1H3. The summed E-state index contributed by atoms with van der Waals surface area (Å²) >= 11 is 5.98. The first-order chi connectivity index (χ1) is 6.24. The highest BCUT2D eigenvalue weighted by Gasteiger charge is 2.07. The molecule has 1 heterocycles. The third kappa shape index (κ3) is 1.09. The first-order valence-corrected chi connectivity index (χ1v) is 4.25. The highest BCUT2D eigenvalue weighted by Crippen LogP contribution is 2.26. The summed E-state index contributed by atoms with van der Waals surface area (Å²) in [5, 5.41) is 10.5. The lowest BCUT2D eigenvalue weighted by Crippen LogP contribution is -1.87. The van der Waals surface area contributed by atoms with Gasteiger partial charge in [0.15, 0.2) is 0 Å². The number of hydrogen-bond donors (Lipinski definition) is 0. The number of fused-ring (bicyclic) bond motifs is 1. The van der Waals surface area contributed by atoms with Gasteiger partial charge >= 0.3 is 0 Å². The Morgan fingerprint density at radius 1 is 1.46 bits per heavy atom. The average molecular weight is 191 g/mol. The van der Waals surface area contributed by atoms with Crippen molar-refractivity contribution in [1.82, 2.24) is 4.57 Å². The Bertz CT molecular complexity index is 505. The van der Waals surface area contributed by atoms with E-state index in [0.29, 0.717) is 10.6 Å². The molecule has 2 aromatic rings. The van der Waals surface area contributed by atoms with Crippen molar-refractivity contribution in [2.75, 3.05) is 0 Å². The van der Waals surface area contributed by atoms with Crippen molar-refractivity contribution in [3.63, 3.8) is 0 Å². The molecule has 0 bridgehead atoms. The van der Waals surface area contributed by atoms with Crippen molar-refractivity contribution in [1.29, 1.82) is 5.26 Å². The van der Waals surface area contributed by atoms with Crippen LogP contribution in [0.2, 0.25) is 5.02 Å². The predicted octanol–water partition coefficient (Wildman–Crippen LogP) is 2.70. The van der Waals surface area contributed by atoms with Gasteiger partial charge in [-0.2, -0.15) is 5.26 Å². The van der Waals surface area contributed by atoms with Crippen LogP contribution in [0.3, 0.4) is 0 Å². The van der Waals surface area contributed by atoms with Gasteiger partial charge < -0.3 is 4.57 Å². The fourth-order valence-electron chi connectivity index (χ4n) is 1.51. The Hall–Kier alpha value is -1.46. The van der Waals surface area contributed by atoms with Crippen molar-refractivity contribution >= 4 is 22.5 Å². The van der Waals surface area contributed by atoms with E-state index in [1.165, 1.54) is 0 Å². The van der Waals surface area contributed by atoms with Gasteiger partial charge in [0.25, 0.3) is 0 Å². The fourth-order valence-corrected chi connectivity index (χ4v) is 1.81. The maximum absolute atomic E-state index is 8.86. The molecule has 0 saturated heterocycles. The molecule has 0 aliphatic carbocycles. The zero-order valence-electron chi connectivity index (χ0n) is 7.08. The van der Waals surface area contributed by atoms with Gasteiger partial charge in [0.1, 0.15) is 6.07 Å². The van der Waals surface area contributed by atoms with Crippen molar-refractivity contribution in [3.05, 3.63) is 35.0 Å². The molecule has 0 radical (unpaired) electrons. The smallest absolute Gasteiger partial charge is 0.101 e. The number of aromatic nitrogens is 1. The van der Waals surface area contributed by atoms with Gasteiger partial charge in [0, 0.05) is 18.6 Å². The Labute approximate surface area is 81.0 Å². The summed E-state index contributed by atoms with van der Waals surface area (Å²) in [4.78, 5) is 0. The lowest BCUT2D eigenvalue weighted by atomic mass is 10.1. The van der Waals surface area contributed by atoms with E-state index < -0.39 is 0 Å². The number of halogens is 1. The van der Waals surface area contributed by atoms with E-state index in [1.54, 1.807) is 6.07 Å². The monoisotopic (exact) mass is 190 g/mol. The Morgan fingerprint density at radius 2 is 2.23 bits per heavy atom. The first-order valence-electron chi connectivity index (χ1n) is 3.87. The lowest BCUT2D eigenvalue weighted by molar-refractivity contribution is 0.967. The molecular weight excluding hydrogens is 184 g/mol. The highest BCUT2D eigenvalue weighted by molar-refractivity contribution is 6.35. The Balaban J connectivity index is 2.99. The van der Waals surface area contributed by atoms with Gasteiger partial charge in [0.05, 0.1) is 16.1 Å². The molecule has 0 aliphatic rings. The van der Waals surface area contributed by atoms with Crippen LogP contribution in [0, 0.1) is 11.3 Å². The third-order valence-corrected chi connectivity index (χ3v) is 2.37. The van der Waals surface area contributed by atoms with Crippen LogP contribution in [0.5, 0.6) is 0 Å². The van der Waals surface area contributed by atoms with Crippen LogP contribution in [0.4, 0.5) is 0 Å². The number of para-hydroxylation sites is 1. The Kier molecular flexibility index (Phi) is 1.75. The van der Waals surface area contributed by atoms with E-state index in [2.05, 4.69) is 6.07 Å². The number of rotatable bonds is 0. The van der Waals surface area contributed by atoms with Gasteiger partial charge in [-0.05, 0) is 6.07 Å². The van der Waals surface area contributed by atoms with Crippen LogP contribution in [0.25, 0.3) is 10.9 Å². The van der Waals surface area contributed by atoms with Crippen molar-refractivity contribution in [2.45, 2.75) is 0 Å². The Morgan fingerprint density at radius 3 is 2.92 bits per heavy atom. The summed E-state index contributed by atoms with van der Waals surface area (Å²) in [6.45, 7) is 0. The van der Waals surface area contributed by atoms with E-state index in [-0.39, 0.29) is 0 Å². The fraction of sp³-hybridized carbons (Fsp3) is 0.100. The van der Waals surface area contributed by atoms with Gasteiger partial charge in [0.2, 0.25) is 0 Å². The molecule has 2 rings (SSSR count). The molecule has 0 N–H and O–H groups in total. The summed E-state index contributed by atoms with van der Waals surface area (Å²) in [5.74, 6) is 0. The third-order valence-electron chi connectivity index (χ3n) is 2.07. The van der Waals surface area contributed by atoms with Crippen LogP contribution in [-0.2, 0) is 7.05 Å². The lowest BCUT2D eigenvalue weighted by Gasteiger charge is -1.96. The SMILES string of the molecule is Cn1cc(Cl)c2cccc(C#N)c21. The van der Waals surface area contributed by atoms with Crippen molar-refractivity contribution < 1.29 is 0 Å². The van der Waals surface area contributed by atoms with Crippen molar-refractivity contribution in [3.8, 4) is 6.07 Å². The second-order valence-electron chi connectivity index (χ2n) is 2.90. The molecule has 0 unspecified atom stereocenters. The molecule has 2 nitrogen and oxygen atoms in total.